The third-order valence-corrected chi connectivity index (χ3v) is 6.33. The van der Waals surface area contributed by atoms with Crippen LogP contribution in [-0.4, -0.2) is 56.8 Å². The molecule has 0 spiro atoms. The molecule has 0 bridgehead atoms. The maximum atomic E-state index is 5.45. The Morgan fingerprint density at radius 3 is 2.32 bits per heavy atom. The molecule has 5 nitrogen and oxygen atoms in total. The van der Waals surface area contributed by atoms with Crippen LogP contribution in [0.5, 0.6) is 0 Å². The number of guanidine groups is 1. The van der Waals surface area contributed by atoms with E-state index in [4.69, 9.17) is 9.73 Å². The van der Waals surface area contributed by atoms with Gasteiger partial charge < -0.3 is 19.9 Å². The Morgan fingerprint density at radius 1 is 1.07 bits per heavy atom. The van der Waals surface area contributed by atoms with Crippen molar-refractivity contribution < 1.29 is 4.74 Å². The Bertz CT molecular complexity index is 616. The summed E-state index contributed by atoms with van der Waals surface area (Å²) in [7, 11) is 0. The predicted molar refractivity (Wildman–Crippen MR) is 127 cm³/mol. The van der Waals surface area contributed by atoms with Gasteiger partial charge in [-0.3, -0.25) is 0 Å². The van der Waals surface area contributed by atoms with Gasteiger partial charge in [0, 0.05) is 38.4 Å². The highest BCUT2D eigenvalue weighted by atomic mass is 127. The van der Waals surface area contributed by atoms with Gasteiger partial charge >= 0.3 is 0 Å². The first kappa shape index (κ1) is 21.7. The molecule has 3 fully saturated rings. The van der Waals surface area contributed by atoms with E-state index in [2.05, 4.69) is 46.3 Å². The molecule has 1 aromatic rings. The van der Waals surface area contributed by atoms with Crippen LogP contribution < -0.4 is 10.2 Å². The Hall–Kier alpha value is -1.02. The molecule has 2 heterocycles. The van der Waals surface area contributed by atoms with Crippen LogP contribution in [0.4, 0.5) is 5.69 Å². The smallest absolute Gasteiger partial charge is 0.194 e. The van der Waals surface area contributed by atoms with Gasteiger partial charge in [-0.1, -0.05) is 25.0 Å². The second-order valence-corrected chi connectivity index (χ2v) is 8.15. The monoisotopic (exact) mass is 498 g/mol. The van der Waals surface area contributed by atoms with Crippen LogP contribution in [0.25, 0.3) is 0 Å². The summed E-state index contributed by atoms with van der Waals surface area (Å²) < 4.78 is 5.45. The molecular formula is C22H35IN4O. The quantitative estimate of drug-likeness (QED) is 0.390. The summed E-state index contributed by atoms with van der Waals surface area (Å²) in [6.07, 6.45) is 5.64. The summed E-state index contributed by atoms with van der Waals surface area (Å²) in [5.74, 6) is 2.87. The van der Waals surface area contributed by atoms with E-state index >= 15 is 0 Å². The lowest BCUT2D eigenvalue weighted by atomic mass is 9.82. The number of nitrogens with zero attached hydrogens (tertiary/aromatic N) is 3. The molecule has 0 amide bonds. The van der Waals surface area contributed by atoms with Gasteiger partial charge in [-0.15, -0.1) is 24.0 Å². The number of halogens is 1. The van der Waals surface area contributed by atoms with Gasteiger partial charge in [-0.05, 0) is 49.3 Å². The third-order valence-electron chi connectivity index (χ3n) is 6.33. The van der Waals surface area contributed by atoms with E-state index in [9.17, 15) is 0 Å². The van der Waals surface area contributed by atoms with E-state index in [0.29, 0.717) is 0 Å². The van der Waals surface area contributed by atoms with Gasteiger partial charge in [0.2, 0.25) is 0 Å². The van der Waals surface area contributed by atoms with Crippen LogP contribution in [0, 0.1) is 11.8 Å². The lowest BCUT2D eigenvalue weighted by molar-refractivity contribution is 0.122. The summed E-state index contributed by atoms with van der Waals surface area (Å²) in [5.41, 5.74) is 2.57. The molecule has 0 aromatic heterocycles. The van der Waals surface area contributed by atoms with E-state index in [1.807, 2.05) is 0 Å². The molecule has 1 aromatic carbocycles. The molecule has 1 aliphatic carbocycles. The molecule has 2 unspecified atom stereocenters. The zero-order valence-electron chi connectivity index (χ0n) is 17.1. The second-order valence-electron chi connectivity index (χ2n) is 8.15. The van der Waals surface area contributed by atoms with Gasteiger partial charge in [-0.25, -0.2) is 4.99 Å². The number of rotatable bonds is 4. The van der Waals surface area contributed by atoms with Crippen molar-refractivity contribution in [3.8, 4) is 0 Å². The van der Waals surface area contributed by atoms with Crippen molar-refractivity contribution in [2.75, 3.05) is 50.8 Å². The standard InChI is InChI=1S/C22H34N4O.HI/c1-2-23-22(26-16-19-5-3-4-6-20(19)17-26)24-15-18-7-9-21(10-8-18)25-11-13-27-14-12-25;/h7-10,19-20H,2-6,11-17H2,1H3,(H,23,24);1H. The highest BCUT2D eigenvalue weighted by molar-refractivity contribution is 14.0. The lowest BCUT2D eigenvalue weighted by Gasteiger charge is -2.28. The highest BCUT2D eigenvalue weighted by Gasteiger charge is 2.35. The largest absolute Gasteiger partial charge is 0.378 e. The number of ether oxygens (including phenoxy) is 1. The number of anilines is 1. The van der Waals surface area contributed by atoms with Crippen molar-refractivity contribution in [1.29, 1.82) is 0 Å². The fraction of sp³-hybridized carbons (Fsp3) is 0.682. The molecule has 1 saturated carbocycles. The van der Waals surface area contributed by atoms with Crippen molar-refractivity contribution in [3.63, 3.8) is 0 Å². The van der Waals surface area contributed by atoms with Crippen LogP contribution in [0.3, 0.4) is 0 Å². The van der Waals surface area contributed by atoms with Crippen LogP contribution in [-0.2, 0) is 11.3 Å². The SMILES string of the molecule is CCNC(=NCc1ccc(N2CCOCC2)cc1)N1CC2CCCCC2C1.I. The first-order valence-electron chi connectivity index (χ1n) is 10.8. The van der Waals surface area contributed by atoms with Gasteiger partial charge in [0.05, 0.1) is 19.8 Å². The maximum absolute atomic E-state index is 5.45. The van der Waals surface area contributed by atoms with Crippen LogP contribution in [0.1, 0.15) is 38.2 Å². The Balaban J connectivity index is 0.00000225. The molecule has 2 saturated heterocycles. The lowest BCUT2D eigenvalue weighted by Crippen LogP contribution is -2.40. The number of benzene rings is 1. The molecule has 28 heavy (non-hydrogen) atoms. The van der Waals surface area contributed by atoms with E-state index in [-0.39, 0.29) is 24.0 Å². The number of fused-ring (bicyclic) bond motifs is 1. The average molecular weight is 498 g/mol. The molecule has 2 atom stereocenters. The molecule has 1 N–H and O–H groups in total. The summed E-state index contributed by atoms with van der Waals surface area (Å²) in [6.45, 7) is 9.84. The van der Waals surface area contributed by atoms with Crippen LogP contribution in [0.15, 0.2) is 29.3 Å². The Morgan fingerprint density at radius 2 is 1.71 bits per heavy atom. The van der Waals surface area contributed by atoms with Crippen molar-refractivity contribution in [1.82, 2.24) is 10.2 Å². The minimum atomic E-state index is 0. The Labute approximate surface area is 186 Å². The molecule has 0 radical (unpaired) electrons. The molecular weight excluding hydrogens is 463 g/mol. The van der Waals surface area contributed by atoms with Gasteiger partial charge in [0.15, 0.2) is 5.96 Å². The summed E-state index contributed by atoms with van der Waals surface area (Å²) in [4.78, 5) is 9.87. The summed E-state index contributed by atoms with van der Waals surface area (Å²) >= 11 is 0. The fourth-order valence-electron chi connectivity index (χ4n) is 4.80. The molecule has 2 aliphatic heterocycles. The van der Waals surface area contributed by atoms with Crippen LogP contribution >= 0.6 is 24.0 Å². The number of hydrogen-bond donors (Lipinski definition) is 1. The van der Waals surface area contributed by atoms with Gasteiger partial charge in [-0.2, -0.15) is 0 Å². The minimum Gasteiger partial charge on any atom is -0.378 e. The second kappa shape index (κ2) is 10.7. The molecule has 3 aliphatic rings. The first-order valence-corrected chi connectivity index (χ1v) is 10.8. The van der Waals surface area contributed by atoms with E-state index in [1.54, 1.807) is 0 Å². The number of nitrogens with one attached hydrogen (secondary N) is 1. The number of likely N-dealkylation sites (tertiary alicyclic amines) is 1. The zero-order valence-corrected chi connectivity index (χ0v) is 19.4. The van der Waals surface area contributed by atoms with Crippen molar-refractivity contribution >= 4 is 35.6 Å². The zero-order chi connectivity index (χ0) is 18.5. The van der Waals surface area contributed by atoms with Gasteiger partial charge in [0.1, 0.15) is 0 Å². The van der Waals surface area contributed by atoms with Crippen LogP contribution in [0.2, 0.25) is 0 Å². The summed E-state index contributed by atoms with van der Waals surface area (Å²) in [6, 6.07) is 8.91. The topological polar surface area (TPSA) is 40.1 Å². The maximum Gasteiger partial charge on any atom is 0.194 e. The molecule has 6 heteroatoms. The van der Waals surface area contributed by atoms with E-state index in [0.717, 1.165) is 57.2 Å². The predicted octanol–water partition coefficient (Wildman–Crippen LogP) is 3.73. The third kappa shape index (κ3) is 5.32. The van der Waals surface area contributed by atoms with Gasteiger partial charge in [0.25, 0.3) is 0 Å². The van der Waals surface area contributed by atoms with E-state index < -0.39 is 0 Å². The number of morpholine rings is 1. The number of aliphatic imine (C=N–C) groups is 1. The molecule has 156 valence electrons. The average Bonchev–Trinajstić information content (AvgIpc) is 3.16. The van der Waals surface area contributed by atoms with Crippen molar-refractivity contribution in [2.24, 2.45) is 16.8 Å². The molecule has 4 rings (SSSR count). The van der Waals surface area contributed by atoms with Crippen molar-refractivity contribution in [2.45, 2.75) is 39.2 Å². The highest BCUT2D eigenvalue weighted by Crippen LogP contribution is 2.36. The van der Waals surface area contributed by atoms with E-state index in [1.165, 1.54) is 50.0 Å². The Kier molecular flexibility index (Phi) is 8.26. The first-order chi connectivity index (χ1) is 13.3. The minimum absolute atomic E-state index is 0. The number of hydrogen-bond acceptors (Lipinski definition) is 3. The van der Waals surface area contributed by atoms with Crippen molar-refractivity contribution in [3.05, 3.63) is 29.8 Å². The normalized spacial score (nSPS) is 25.2. The fourth-order valence-corrected chi connectivity index (χ4v) is 4.80. The summed E-state index contributed by atoms with van der Waals surface area (Å²) in [5, 5.41) is 3.52.